The van der Waals surface area contributed by atoms with Crippen molar-refractivity contribution in [1.82, 2.24) is 14.6 Å². The molecule has 6 nitrogen and oxygen atoms in total. The first-order valence-electron chi connectivity index (χ1n) is 9.25. The van der Waals surface area contributed by atoms with Crippen LogP contribution in [0.3, 0.4) is 0 Å². The predicted molar refractivity (Wildman–Crippen MR) is 107 cm³/mol. The highest BCUT2D eigenvalue weighted by Gasteiger charge is 2.26. The number of hydrogen-bond donors (Lipinski definition) is 0. The van der Waals surface area contributed by atoms with Gasteiger partial charge in [0.25, 0.3) is 5.91 Å². The van der Waals surface area contributed by atoms with Crippen LogP contribution in [0.15, 0.2) is 51.4 Å². The third kappa shape index (κ3) is 2.91. The molecule has 1 amide bonds. The number of rotatable bonds is 4. The van der Waals surface area contributed by atoms with Gasteiger partial charge in [0, 0.05) is 29.9 Å². The number of carbonyl (C=O) groups is 1. The molecule has 0 radical (unpaired) electrons. The molecule has 0 saturated heterocycles. The lowest BCUT2D eigenvalue weighted by atomic mass is 10.1. The van der Waals surface area contributed by atoms with Gasteiger partial charge in [0.05, 0.1) is 11.6 Å². The third-order valence-electron chi connectivity index (χ3n) is 5.26. The van der Waals surface area contributed by atoms with Crippen LogP contribution in [0.5, 0.6) is 0 Å². The van der Waals surface area contributed by atoms with Gasteiger partial charge in [0.15, 0.2) is 5.82 Å². The Hall–Kier alpha value is -3.28. The Labute approximate surface area is 163 Å². The SMILES string of the molecule is Cc1cc(-n2c(C)cc(C(=O)N(C)[C@H](C)c3cc4ccccc4o3)c2C)no1. The molecule has 0 bridgehead atoms. The van der Waals surface area contributed by atoms with E-state index in [0.717, 1.165) is 33.9 Å². The summed E-state index contributed by atoms with van der Waals surface area (Å²) in [6.07, 6.45) is 0. The van der Waals surface area contributed by atoms with Gasteiger partial charge in [0.2, 0.25) is 0 Å². The van der Waals surface area contributed by atoms with Crippen molar-refractivity contribution >= 4 is 16.9 Å². The molecule has 0 aliphatic heterocycles. The van der Waals surface area contributed by atoms with Crippen LogP contribution in [-0.4, -0.2) is 27.6 Å². The number of nitrogens with zero attached hydrogens (tertiary/aromatic N) is 3. The van der Waals surface area contributed by atoms with Crippen LogP contribution in [0.25, 0.3) is 16.8 Å². The fourth-order valence-corrected chi connectivity index (χ4v) is 3.56. The van der Waals surface area contributed by atoms with Crippen LogP contribution in [0.4, 0.5) is 0 Å². The molecule has 0 aliphatic carbocycles. The first-order valence-corrected chi connectivity index (χ1v) is 9.25. The van der Waals surface area contributed by atoms with Crippen LogP contribution < -0.4 is 0 Å². The number of benzene rings is 1. The number of furan rings is 1. The molecule has 0 N–H and O–H groups in total. The molecule has 0 saturated carbocycles. The summed E-state index contributed by atoms with van der Waals surface area (Å²) >= 11 is 0. The first-order chi connectivity index (χ1) is 13.4. The average molecular weight is 377 g/mol. The molecular weight excluding hydrogens is 354 g/mol. The molecule has 4 rings (SSSR count). The highest BCUT2D eigenvalue weighted by molar-refractivity contribution is 5.96. The summed E-state index contributed by atoms with van der Waals surface area (Å²) in [5.74, 6) is 2.11. The molecule has 1 atom stereocenters. The normalized spacial score (nSPS) is 12.5. The first kappa shape index (κ1) is 18.1. The molecule has 0 unspecified atom stereocenters. The maximum absolute atomic E-state index is 13.2. The Balaban J connectivity index is 1.65. The van der Waals surface area contributed by atoms with Gasteiger partial charge >= 0.3 is 0 Å². The van der Waals surface area contributed by atoms with Crippen molar-refractivity contribution in [2.45, 2.75) is 33.7 Å². The Kier molecular flexibility index (Phi) is 4.34. The van der Waals surface area contributed by atoms with Crippen LogP contribution in [0.2, 0.25) is 0 Å². The zero-order valence-corrected chi connectivity index (χ0v) is 16.7. The predicted octanol–water partition coefficient (Wildman–Crippen LogP) is 4.97. The lowest BCUT2D eigenvalue weighted by molar-refractivity contribution is 0.0727. The molecule has 3 aromatic heterocycles. The molecular formula is C22H23N3O3. The van der Waals surface area contributed by atoms with Gasteiger partial charge in [-0.3, -0.25) is 9.36 Å². The van der Waals surface area contributed by atoms with E-state index >= 15 is 0 Å². The third-order valence-corrected chi connectivity index (χ3v) is 5.26. The fourth-order valence-electron chi connectivity index (χ4n) is 3.56. The molecule has 3 heterocycles. The Morgan fingerprint density at radius 1 is 1.14 bits per heavy atom. The number of amides is 1. The zero-order chi connectivity index (χ0) is 20.0. The Morgan fingerprint density at radius 3 is 2.57 bits per heavy atom. The molecule has 144 valence electrons. The number of aromatic nitrogens is 2. The second kappa shape index (κ2) is 6.71. The van der Waals surface area contributed by atoms with E-state index in [4.69, 9.17) is 8.94 Å². The molecule has 6 heteroatoms. The Morgan fingerprint density at radius 2 is 1.89 bits per heavy atom. The van der Waals surface area contributed by atoms with Gasteiger partial charge < -0.3 is 13.8 Å². The van der Waals surface area contributed by atoms with E-state index in [1.807, 2.05) is 74.7 Å². The summed E-state index contributed by atoms with van der Waals surface area (Å²) in [5, 5.41) is 5.11. The lowest BCUT2D eigenvalue weighted by Gasteiger charge is -2.23. The van der Waals surface area contributed by atoms with E-state index < -0.39 is 0 Å². The summed E-state index contributed by atoms with van der Waals surface area (Å²) < 4.78 is 13.1. The van der Waals surface area contributed by atoms with Crippen molar-refractivity contribution in [2.75, 3.05) is 7.05 Å². The molecule has 0 aliphatic rings. The molecule has 4 aromatic rings. The number of aryl methyl sites for hydroxylation is 2. The number of para-hydroxylation sites is 1. The van der Waals surface area contributed by atoms with Crippen LogP contribution >= 0.6 is 0 Å². The second-order valence-electron chi connectivity index (χ2n) is 7.19. The number of fused-ring (bicyclic) bond motifs is 1. The van der Waals surface area contributed by atoms with Crippen molar-refractivity contribution < 1.29 is 13.7 Å². The lowest BCUT2D eigenvalue weighted by Crippen LogP contribution is -2.29. The average Bonchev–Trinajstić information content (AvgIpc) is 3.37. The van der Waals surface area contributed by atoms with Crippen LogP contribution in [0.1, 0.15) is 46.2 Å². The van der Waals surface area contributed by atoms with Gasteiger partial charge in [0.1, 0.15) is 17.1 Å². The molecule has 0 fully saturated rings. The van der Waals surface area contributed by atoms with E-state index in [9.17, 15) is 4.79 Å². The fraction of sp³-hybridized carbons (Fsp3) is 0.273. The van der Waals surface area contributed by atoms with Gasteiger partial charge in [-0.2, -0.15) is 0 Å². The number of hydrogen-bond acceptors (Lipinski definition) is 4. The van der Waals surface area contributed by atoms with E-state index in [1.165, 1.54) is 0 Å². The maximum Gasteiger partial charge on any atom is 0.256 e. The van der Waals surface area contributed by atoms with Gasteiger partial charge in [-0.15, -0.1) is 0 Å². The van der Waals surface area contributed by atoms with Crippen molar-refractivity contribution in [3.63, 3.8) is 0 Å². The van der Waals surface area contributed by atoms with Gasteiger partial charge in [-0.25, -0.2) is 0 Å². The smallest absolute Gasteiger partial charge is 0.256 e. The topological polar surface area (TPSA) is 64.4 Å². The Bertz CT molecular complexity index is 1130. The summed E-state index contributed by atoms with van der Waals surface area (Å²) in [6.45, 7) is 7.69. The minimum Gasteiger partial charge on any atom is -0.459 e. The van der Waals surface area contributed by atoms with Crippen LogP contribution in [-0.2, 0) is 0 Å². The van der Waals surface area contributed by atoms with Crippen molar-refractivity contribution in [1.29, 1.82) is 0 Å². The summed E-state index contributed by atoms with van der Waals surface area (Å²) in [6, 6.07) is 13.4. The minimum atomic E-state index is -0.197. The van der Waals surface area contributed by atoms with Crippen molar-refractivity contribution in [3.05, 3.63) is 70.9 Å². The number of carbonyl (C=O) groups excluding carboxylic acids is 1. The quantitative estimate of drug-likeness (QED) is 0.504. The summed E-state index contributed by atoms with van der Waals surface area (Å²) in [7, 11) is 1.80. The zero-order valence-electron chi connectivity index (χ0n) is 16.7. The molecule has 0 spiro atoms. The van der Waals surface area contributed by atoms with Gasteiger partial charge in [-0.05, 0) is 45.9 Å². The molecule has 28 heavy (non-hydrogen) atoms. The maximum atomic E-state index is 13.2. The summed E-state index contributed by atoms with van der Waals surface area (Å²) in [5.41, 5.74) is 3.23. The largest absolute Gasteiger partial charge is 0.459 e. The highest BCUT2D eigenvalue weighted by atomic mass is 16.5. The standard InChI is InChI=1S/C22H23N3O3/c1-13-10-18(15(3)25(13)21-11-14(2)28-23-21)22(26)24(5)16(4)20-12-17-8-6-7-9-19(17)27-20/h6-12,16H,1-5H3/t16-/m1/s1. The van der Waals surface area contributed by atoms with Gasteiger partial charge in [-0.1, -0.05) is 23.4 Å². The van der Waals surface area contributed by atoms with E-state index in [1.54, 1.807) is 11.9 Å². The second-order valence-corrected chi connectivity index (χ2v) is 7.19. The highest BCUT2D eigenvalue weighted by Crippen LogP contribution is 2.29. The summed E-state index contributed by atoms with van der Waals surface area (Å²) in [4.78, 5) is 14.9. The monoisotopic (exact) mass is 377 g/mol. The van der Waals surface area contributed by atoms with Crippen molar-refractivity contribution in [2.24, 2.45) is 0 Å². The molecule has 1 aromatic carbocycles. The van der Waals surface area contributed by atoms with E-state index in [0.29, 0.717) is 11.4 Å². The van der Waals surface area contributed by atoms with Crippen LogP contribution in [0, 0.1) is 20.8 Å². The van der Waals surface area contributed by atoms with E-state index in [-0.39, 0.29) is 11.9 Å². The minimum absolute atomic E-state index is 0.0625. The van der Waals surface area contributed by atoms with E-state index in [2.05, 4.69) is 5.16 Å². The van der Waals surface area contributed by atoms with Crippen molar-refractivity contribution in [3.8, 4) is 5.82 Å².